The zero-order chi connectivity index (χ0) is 19.8. The summed E-state index contributed by atoms with van der Waals surface area (Å²) in [6.07, 6.45) is 2.24. The molecule has 1 N–H and O–H groups in total. The predicted molar refractivity (Wildman–Crippen MR) is 99.4 cm³/mol. The number of hydrogen-bond donors (Lipinski definition) is 1. The Bertz CT molecular complexity index is 774. The number of amides is 2. The van der Waals surface area contributed by atoms with Gasteiger partial charge in [-0.2, -0.15) is 11.8 Å². The van der Waals surface area contributed by atoms with Gasteiger partial charge in [0.2, 0.25) is 11.8 Å². The van der Waals surface area contributed by atoms with Gasteiger partial charge in [-0.25, -0.2) is 4.39 Å². The van der Waals surface area contributed by atoms with Crippen molar-refractivity contribution in [3.05, 3.63) is 35.6 Å². The normalized spacial score (nSPS) is 29.9. The van der Waals surface area contributed by atoms with Crippen molar-refractivity contribution in [1.82, 2.24) is 10.2 Å². The molecule has 1 aromatic carbocycles. The number of hydrogen-bond acceptors (Lipinski definition) is 6. The lowest BCUT2D eigenvalue weighted by atomic mass is 9.78. The lowest BCUT2D eigenvalue weighted by Gasteiger charge is -2.32. The van der Waals surface area contributed by atoms with Crippen molar-refractivity contribution >= 4 is 29.5 Å². The van der Waals surface area contributed by atoms with E-state index < -0.39 is 35.2 Å². The van der Waals surface area contributed by atoms with Gasteiger partial charge in [0.05, 0.1) is 18.9 Å². The molecule has 4 atom stereocenters. The number of thioether (sulfide) groups is 1. The van der Waals surface area contributed by atoms with Crippen LogP contribution in [0, 0.1) is 17.7 Å². The molecule has 2 amide bonds. The maximum Gasteiger partial charge on any atom is 0.326 e. The molecule has 2 heterocycles. The minimum absolute atomic E-state index is 0.236. The van der Waals surface area contributed by atoms with Crippen molar-refractivity contribution in [3.63, 3.8) is 0 Å². The summed E-state index contributed by atoms with van der Waals surface area (Å²) in [5.41, 5.74) is -0.769. The number of likely N-dealkylation sites (tertiary alicyclic amines) is 1. The van der Waals surface area contributed by atoms with Crippen molar-refractivity contribution in [3.8, 4) is 0 Å². The first kappa shape index (κ1) is 19.8. The van der Waals surface area contributed by atoms with E-state index in [0.717, 1.165) is 0 Å². The largest absolute Gasteiger partial charge is 0.468 e. The fourth-order valence-electron chi connectivity index (χ4n) is 4.33. The van der Waals surface area contributed by atoms with Gasteiger partial charge < -0.3 is 4.74 Å². The molecule has 2 aliphatic rings. The number of rotatable bonds is 6. The zero-order valence-corrected chi connectivity index (χ0v) is 16.3. The van der Waals surface area contributed by atoms with Gasteiger partial charge in [-0.15, -0.1) is 0 Å². The number of ether oxygens (including phenoxy) is 1. The molecule has 2 fully saturated rings. The Morgan fingerprint density at radius 2 is 2.11 bits per heavy atom. The molecule has 2 saturated heterocycles. The van der Waals surface area contributed by atoms with Gasteiger partial charge in [0.25, 0.3) is 0 Å². The molecule has 0 spiro atoms. The van der Waals surface area contributed by atoms with E-state index in [1.54, 1.807) is 19.1 Å². The van der Waals surface area contributed by atoms with Crippen LogP contribution in [0.5, 0.6) is 0 Å². The smallest absolute Gasteiger partial charge is 0.326 e. The summed E-state index contributed by atoms with van der Waals surface area (Å²) in [6, 6.07) is 5.27. The maximum absolute atomic E-state index is 13.8. The van der Waals surface area contributed by atoms with Gasteiger partial charge in [-0.1, -0.05) is 12.1 Å². The van der Waals surface area contributed by atoms with Crippen molar-refractivity contribution in [2.75, 3.05) is 25.7 Å². The van der Waals surface area contributed by atoms with E-state index in [4.69, 9.17) is 4.74 Å². The van der Waals surface area contributed by atoms with Gasteiger partial charge in [0.15, 0.2) is 0 Å². The van der Waals surface area contributed by atoms with Gasteiger partial charge in [0.1, 0.15) is 11.4 Å². The van der Waals surface area contributed by atoms with E-state index in [9.17, 15) is 18.8 Å². The fourth-order valence-corrected chi connectivity index (χ4v) is 4.85. The third-order valence-corrected chi connectivity index (χ3v) is 6.13. The highest BCUT2D eigenvalue weighted by Crippen LogP contribution is 2.50. The fraction of sp³-hybridized carbons (Fsp3) is 0.526. The van der Waals surface area contributed by atoms with Crippen molar-refractivity contribution in [2.45, 2.75) is 24.9 Å². The number of benzene rings is 1. The van der Waals surface area contributed by atoms with E-state index in [0.29, 0.717) is 17.7 Å². The van der Waals surface area contributed by atoms with Crippen molar-refractivity contribution < 1.29 is 23.5 Å². The third kappa shape index (κ3) is 3.04. The van der Waals surface area contributed by atoms with E-state index in [1.165, 1.54) is 35.9 Å². The number of carbonyl (C=O) groups is 3. The van der Waals surface area contributed by atoms with Crippen LogP contribution in [-0.2, 0) is 19.1 Å². The Morgan fingerprint density at radius 3 is 2.70 bits per heavy atom. The number of nitrogens with zero attached hydrogens (tertiary/aromatic N) is 1. The van der Waals surface area contributed by atoms with E-state index in [2.05, 4.69) is 5.32 Å². The summed E-state index contributed by atoms with van der Waals surface area (Å²) in [6.45, 7) is 1.96. The number of methoxy groups -OCH3 is 1. The highest BCUT2D eigenvalue weighted by atomic mass is 32.2. The number of fused-ring (bicyclic) bond motifs is 1. The Morgan fingerprint density at radius 1 is 1.37 bits per heavy atom. The Kier molecular flexibility index (Phi) is 5.58. The van der Waals surface area contributed by atoms with Crippen LogP contribution < -0.4 is 5.32 Å². The maximum atomic E-state index is 13.8. The molecule has 0 bridgehead atoms. The van der Waals surface area contributed by atoms with E-state index in [-0.39, 0.29) is 18.4 Å². The van der Waals surface area contributed by atoms with E-state index >= 15 is 0 Å². The van der Waals surface area contributed by atoms with Crippen molar-refractivity contribution in [1.29, 1.82) is 0 Å². The molecular weight excluding hydrogens is 371 g/mol. The Hall–Kier alpha value is -1.93. The van der Waals surface area contributed by atoms with Crippen LogP contribution in [0.25, 0.3) is 0 Å². The van der Waals surface area contributed by atoms with Crippen LogP contribution in [0.15, 0.2) is 24.3 Å². The van der Waals surface area contributed by atoms with Crippen LogP contribution in [0.2, 0.25) is 0 Å². The van der Waals surface area contributed by atoms with Gasteiger partial charge in [0, 0.05) is 12.6 Å². The minimum atomic E-state index is -1.31. The predicted octanol–water partition coefficient (Wildman–Crippen LogP) is 1.76. The molecule has 1 aromatic rings. The number of nitrogens with one attached hydrogen (secondary N) is 1. The number of carbonyl (C=O) groups excluding carboxylic acids is 3. The van der Waals surface area contributed by atoms with Gasteiger partial charge >= 0.3 is 5.97 Å². The Balaban J connectivity index is 2.14. The van der Waals surface area contributed by atoms with E-state index in [1.807, 2.05) is 6.26 Å². The molecule has 27 heavy (non-hydrogen) atoms. The summed E-state index contributed by atoms with van der Waals surface area (Å²) in [5.74, 6) is -2.72. The molecule has 0 aromatic heterocycles. The molecule has 0 unspecified atom stereocenters. The molecule has 0 saturated carbocycles. The Labute approximate surface area is 161 Å². The van der Waals surface area contributed by atoms with Crippen molar-refractivity contribution in [2.24, 2.45) is 11.8 Å². The second kappa shape index (κ2) is 7.59. The molecule has 0 radical (unpaired) electrons. The number of halogens is 1. The first-order valence-electron chi connectivity index (χ1n) is 8.87. The molecule has 6 nitrogen and oxygen atoms in total. The highest BCUT2D eigenvalue weighted by Gasteiger charge is 2.68. The first-order valence-corrected chi connectivity index (χ1v) is 10.3. The van der Waals surface area contributed by atoms with Crippen LogP contribution in [0.4, 0.5) is 4.39 Å². The first-order chi connectivity index (χ1) is 12.9. The molecular formula is C19H23FN2O4S. The average molecular weight is 394 g/mol. The lowest BCUT2D eigenvalue weighted by Crippen LogP contribution is -2.56. The second-order valence-electron chi connectivity index (χ2n) is 6.81. The van der Waals surface area contributed by atoms with Crippen LogP contribution in [-0.4, -0.2) is 53.9 Å². The van der Waals surface area contributed by atoms with Crippen LogP contribution in [0.1, 0.15) is 24.9 Å². The topological polar surface area (TPSA) is 75.7 Å². The SMILES string of the molecule is CCN1C(=O)[C@@H]2[C@@H](c3cccc(F)c3)N[C@@](CCSC)(C(=O)OC)[C@@H]2C1=O. The molecule has 146 valence electrons. The number of imide groups is 1. The minimum Gasteiger partial charge on any atom is -0.468 e. The molecule has 3 rings (SSSR count). The lowest BCUT2D eigenvalue weighted by molar-refractivity contribution is -0.154. The third-order valence-electron chi connectivity index (χ3n) is 5.52. The average Bonchev–Trinajstić information content (AvgIpc) is 3.14. The summed E-state index contributed by atoms with van der Waals surface area (Å²) >= 11 is 1.54. The summed E-state index contributed by atoms with van der Waals surface area (Å²) in [5, 5.41) is 3.22. The summed E-state index contributed by atoms with van der Waals surface area (Å²) in [4.78, 5) is 40.1. The molecule has 2 aliphatic heterocycles. The molecule has 0 aliphatic carbocycles. The zero-order valence-electron chi connectivity index (χ0n) is 15.5. The number of esters is 1. The van der Waals surface area contributed by atoms with Gasteiger partial charge in [-0.3, -0.25) is 24.6 Å². The van der Waals surface area contributed by atoms with Gasteiger partial charge in [-0.05, 0) is 43.0 Å². The second-order valence-corrected chi connectivity index (χ2v) is 7.79. The molecule has 8 heteroatoms. The van der Waals surface area contributed by atoms with Crippen LogP contribution in [0.3, 0.4) is 0 Å². The monoisotopic (exact) mass is 394 g/mol. The van der Waals surface area contributed by atoms with Crippen LogP contribution >= 0.6 is 11.8 Å². The highest BCUT2D eigenvalue weighted by molar-refractivity contribution is 7.98. The standard InChI is InChI=1S/C19H23FN2O4S/c1-4-22-16(23)13-14(17(22)24)19(8-9-27-3,18(25)26-2)21-15(13)11-6-5-7-12(20)10-11/h5-7,10,13-15,21H,4,8-9H2,1-3H3/t13-,14-,15+,19+/m0/s1. The quantitative estimate of drug-likeness (QED) is 0.585. The summed E-state index contributed by atoms with van der Waals surface area (Å²) in [7, 11) is 1.27. The summed E-state index contributed by atoms with van der Waals surface area (Å²) < 4.78 is 18.9.